The van der Waals surface area contributed by atoms with Gasteiger partial charge < -0.3 is 16.4 Å². The van der Waals surface area contributed by atoms with Gasteiger partial charge in [-0.2, -0.15) is 4.99 Å². The summed E-state index contributed by atoms with van der Waals surface area (Å²) in [4.78, 5) is 9.55. The van der Waals surface area contributed by atoms with Crippen molar-refractivity contribution in [3.05, 3.63) is 0 Å². The lowest BCUT2D eigenvalue weighted by Crippen LogP contribution is -2.53. The molecule has 1 atom stereocenters. The van der Waals surface area contributed by atoms with Crippen molar-refractivity contribution in [2.24, 2.45) is 27.2 Å². The molecule has 1 aliphatic heterocycles. The summed E-state index contributed by atoms with van der Waals surface area (Å²) in [6.45, 7) is 0. The van der Waals surface area contributed by atoms with Crippen LogP contribution >= 0.6 is 0 Å². The molecule has 2 aliphatic rings. The average molecular weight is 168 g/mol. The van der Waals surface area contributed by atoms with Crippen molar-refractivity contribution in [2.75, 3.05) is 0 Å². The average Bonchev–Trinajstić information content (AvgIpc) is 2.68. The van der Waals surface area contributed by atoms with Gasteiger partial charge in [-0.1, -0.05) is 0 Å². The molecule has 6 nitrogen and oxygen atoms in total. The number of hydrogen-bond acceptors (Lipinski definition) is 6. The molecule has 1 heterocycles. The van der Waals surface area contributed by atoms with Crippen LogP contribution in [-0.2, 0) is 0 Å². The van der Waals surface area contributed by atoms with E-state index in [1.165, 1.54) is 0 Å². The van der Waals surface area contributed by atoms with Crippen molar-refractivity contribution in [3.8, 4) is 0 Å². The summed E-state index contributed by atoms with van der Waals surface area (Å²) in [6, 6.07) is 0.417. The fraction of sp³-hybridized carbons (Fsp3) is 0.667. The van der Waals surface area contributed by atoms with Gasteiger partial charge in [0.15, 0.2) is 6.29 Å². The molecule has 1 unspecified atom stereocenters. The first kappa shape index (κ1) is 7.35. The van der Waals surface area contributed by atoms with Gasteiger partial charge in [0.2, 0.25) is 11.9 Å². The molecular formula is C6H12N6. The highest BCUT2D eigenvalue weighted by molar-refractivity contribution is 5.95. The standard InChI is InChI=1S/C6H12N6/c7-4-10-5(8)12(3-1-2-3)6(9)11-4/h3,5H,1-2,8H2,(H4,7,9,10,11). The molecule has 0 aromatic rings. The molecule has 6 heteroatoms. The van der Waals surface area contributed by atoms with Crippen LogP contribution in [0.2, 0.25) is 0 Å². The highest BCUT2D eigenvalue weighted by Crippen LogP contribution is 2.28. The van der Waals surface area contributed by atoms with Crippen molar-refractivity contribution in [1.82, 2.24) is 4.90 Å². The van der Waals surface area contributed by atoms with Crippen molar-refractivity contribution >= 4 is 11.9 Å². The van der Waals surface area contributed by atoms with Crippen LogP contribution in [0.3, 0.4) is 0 Å². The molecule has 2 rings (SSSR count). The molecule has 0 saturated heterocycles. The number of nitrogens with two attached hydrogens (primary N) is 3. The lowest BCUT2D eigenvalue weighted by Gasteiger charge is -2.29. The highest BCUT2D eigenvalue weighted by Gasteiger charge is 2.35. The first-order valence-corrected chi connectivity index (χ1v) is 3.90. The van der Waals surface area contributed by atoms with Gasteiger partial charge in [-0.05, 0) is 12.8 Å². The molecule has 0 aromatic carbocycles. The van der Waals surface area contributed by atoms with Crippen LogP contribution in [-0.4, -0.2) is 29.2 Å². The number of aliphatic imine (C=N–C) groups is 2. The molecule has 0 amide bonds. The first-order chi connectivity index (χ1) is 5.68. The van der Waals surface area contributed by atoms with Gasteiger partial charge in [-0.15, -0.1) is 0 Å². The van der Waals surface area contributed by atoms with Gasteiger partial charge in [0.05, 0.1) is 0 Å². The van der Waals surface area contributed by atoms with Gasteiger partial charge in [0, 0.05) is 6.04 Å². The predicted octanol–water partition coefficient (Wildman–Crippen LogP) is -1.66. The number of rotatable bonds is 1. The van der Waals surface area contributed by atoms with Crippen LogP contribution in [0.1, 0.15) is 12.8 Å². The molecule has 1 saturated carbocycles. The summed E-state index contributed by atoms with van der Waals surface area (Å²) in [6.07, 6.45) is 1.77. The maximum atomic E-state index is 5.70. The third-order valence-corrected chi connectivity index (χ3v) is 1.98. The van der Waals surface area contributed by atoms with Gasteiger partial charge in [-0.25, -0.2) is 4.99 Å². The molecule has 0 radical (unpaired) electrons. The van der Waals surface area contributed by atoms with Gasteiger partial charge in [-0.3, -0.25) is 5.73 Å². The van der Waals surface area contributed by atoms with E-state index in [-0.39, 0.29) is 5.96 Å². The van der Waals surface area contributed by atoms with E-state index in [9.17, 15) is 0 Å². The molecular weight excluding hydrogens is 156 g/mol. The smallest absolute Gasteiger partial charge is 0.221 e. The third-order valence-electron chi connectivity index (χ3n) is 1.98. The Kier molecular flexibility index (Phi) is 1.44. The molecule has 0 bridgehead atoms. The maximum Gasteiger partial charge on any atom is 0.221 e. The maximum absolute atomic E-state index is 5.70. The van der Waals surface area contributed by atoms with E-state index in [1.807, 2.05) is 0 Å². The van der Waals surface area contributed by atoms with E-state index < -0.39 is 6.29 Å². The van der Waals surface area contributed by atoms with Crippen molar-refractivity contribution < 1.29 is 0 Å². The largest absolute Gasteiger partial charge is 0.369 e. The lowest BCUT2D eigenvalue weighted by atomic mass is 10.5. The Morgan fingerprint density at radius 2 is 2.00 bits per heavy atom. The van der Waals surface area contributed by atoms with Gasteiger partial charge in [0.1, 0.15) is 0 Å². The molecule has 0 spiro atoms. The zero-order chi connectivity index (χ0) is 8.72. The second-order valence-electron chi connectivity index (χ2n) is 3.01. The predicted molar refractivity (Wildman–Crippen MR) is 46.1 cm³/mol. The van der Waals surface area contributed by atoms with E-state index in [4.69, 9.17) is 17.2 Å². The molecule has 6 N–H and O–H groups in total. The quantitative estimate of drug-likeness (QED) is 0.435. The second-order valence-corrected chi connectivity index (χ2v) is 3.01. The fourth-order valence-corrected chi connectivity index (χ4v) is 1.29. The normalized spacial score (nSPS) is 29.8. The highest BCUT2D eigenvalue weighted by atomic mass is 15.4. The second kappa shape index (κ2) is 2.34. The zero-order valence-corrected chi connectivity index (χ0v) is 6.64. The van der Waals surface area contributed by atoms with Crippen molar-refractivity contribution in [1.29, 1.82) is 0 Å². The summed E-state index contributed by atoms with van der Waals surface area (Å²) < 4.78 is 0. The van der Waals surface area contributed by atoms with Gasteiger partial charge >= 0.3 is 0 Å². The van der Waals surface area contributed by atoms with Crippen LogP contribution in [0, 0.1) is 0 Å². The number of hydrogen-bond donors (Lipinski definition) is 3. The van der Waals surface area contributed by atoms with Crippen LogP contribution in [0.5, 0.6) is 0 Å². The van der Waals surface area contributed by atoms with Gasteiger partial charge in [0.25, 0.3) is 0 Å². The van der Waals surface area contributed by atoms with Crippen molar-refractivity contribution in [3.63, 3.8) is 0 Å². The Hall–Kier alpha value is -1.30. The third kappa shape index (κ3) is 1.10. The summed E-state index contributed by atoms with van der Waals surface area (Å²) in [5.74, 6) is 0.550. The topological polar surface area (TPSA) is 106 Å². The Morgan fingerprint density at radius 1 is 1.33 bits per heavy atom. The SMILES string of the molecule is NC1=NC(N)N(C2CC2)C(N)=N1. The Labute approximate surface area is 70.1 Å². The molecule has 12 heavy (non-hydrogen) atoms. The van der Waals surface area contributed by atoms with Crippen LogP contribution < -0.4 is 17.2 Å². The summed E-state index contributed by atoms with van der Waals surface area (Å²) in [7, 11) is 0. The van der Waals surface area contributed by atoms with Crippen LogP contribution in [0.25, 0.3) is 0 Å². The zero-order valence-electron chi connectivity index (χ0n) is 6.64. The minimum absolute atomic E-state index is 0.164. The van der Waals surface area contributed by atoms with E-state index in [2.05, 4.69) is 9.98 Å². The lowest BCUT2D eigenvalue weighted by molar-refractivity contribution is 0.308. The molecule has 0 aromatic heterocycles. The van der Waals surface area contributed by atoms with E-state index >= 15 is 0 Å². The van der Waals surface area contributed by atoms with E-state index in [0.717, 1.165) is 12.8 Å². The Morgan fingerprint density at radius 3 is 2.50 bits per heavy atom. The van der Waals surface area contributed by atoms with Crippen LogP contribution in [0.15, 0.2) is 9.98 Å². The minimum Gasteiger partial charge on any atom is -0.369 e. The minimum atomic E-state index is -0.449. The van der Waals surface area contributed by atoms with Crippen LogP contribution in [0.4, 0.5) is 0 Å². The van der Waals surface area contributed by atoms with E-state index in [0.29, 0.717) is 12.0 Å². The Balaban J connectivity index is 2.20. The fourth-order valence-electron chi connectivity index (χ4n) is 1.29. The summed E-state index contributed by atoms with van der Waals surface area (Å²) >= 11 is 0. The molecule has 1 fully saturated rings. The van der Waals surface area contributed by atoms with E-state index in [1.54, 1.807) is 4.90 Å². The van der Waals surface area contributed by atoms with Crippen molar-refractivity contribution in [2.45, 2.75) is 25.2 Å². The molecule has 66 valence electrons. The summed E-state index contributed by atoms with van der Waals surface area (Å²) in [5.41, 5.74) is 16.7. The Bertz CT molecular complexity index is 253. The number of nitrogens with zero attached hydrogens (tertiary/aromatic N) is 3. The monoisotopic (exact) mass is 168 g/mol. The first-order valence-electron chi connectivity index (χ1n) is 3.90. The molecule has 1 aliphatic carbocycles. The number of guanidine groups is 2. The summed E-state index contributed by atoms with van der Waals surface area (Å²) in [5, 5.41) is 0.